The molecule has 5 nitrogen and oxygen atoms in total. The Morgan fingerprint density at radius 2 is 1.81 bits per heavy atom. The third-order valence-corrected chi connectivity index (χ3v) is 4.32. The van der Waals surface area contributed by atoms with Crippen molar-refractivity contribution in [3.05, 3.63) is 70.0 Å². The quantitative estimate of drug-likeness (QED) is 0.659. The molecule has 2 aromatic carbocycles. The van der Waals surface area contributed by atoms with Crippen LogP contribution < -0.4 is 10.2 Å². The van der Waals surface area contributed by atoms with E-state index in [1.165, 1.54) is 12.1 Å². The Kier molecular flexibility index (Phi) is 4.86. The maximum absolute atomic E-state index is 14.0. The number of barbiturate groups is 1. The molecular formula is C19H14ClFN2O3. The molecule has 1 aliphatic rings. The highest BCUT2D eigenvalue weighted by atomic mass is 35.5. The maximum Gasteiger partial charge on any atom is 0.335 e. The Morgan fingerprint density at radius 3 is 2.42 bits per heavy atom. The van der Waals surface area contributed by atoms with Crippen molar-refractivity contribution >= 4 is 41.2 Å². The third kappa shape index (κ3) is 3.23. The zero-order chi connectivity index (χ0) is 18.8. The molecule has 26 heavy (non-hydrogen) atoms. The highest BCUT2D eigenvalue weighted by Gasteiger charge is 2.37. The van der Waals surface area contributed by atoms with Crippen molar-refractivity contribution in [1.29, 1.82) is 0 Å². The van der Waals surface area contributed by atoms with Gasteiger partial charge >= 0.3 is 6.03 Å². The fraction of sp³-hybridized carbons (Fsp3) is 0.105. The number of carbonyl (C=O) groups excluding carboxylic acids is 3. The minimum atomic E-state index is -0.902. The highest BCUT2D eigenvalue weighted by molar-refractivity contribution is 6.39. The molecule has 1 heterocycles. The van der Waals surface area contributed by atoms with Gasteiger partial charge in [0.15, 0.2) is 0 Å². The normalized spacial score (nSPS) is 16.2. The van der Waals surface area contributed by atoms with Crippen molar-refractivity contribution in [2.45, 2.75) is 13.3 Å². The molecule has 1 N–H and O–H groups in total. The molecule has 1 aliphatic heterocycles. The van der Waals surface area contributed by atoms with E-state index in [1.54, 1.807) is 24.3 Å². The van der Waals surface area contributed by atoms with Crippen LogP contribution in [0.5, 0.6) is 0 Å². The van der Waals surface area contributed by atoms with Crippen molar-refractivity contribution < 1.29 is 18.8 Å². The average molecular weight is 373 g/mol. The van der Waals surface area contributed by atoms with Crippen LogP contribution >= 0.6 is 11.6 Å². The van der Waals surface area contributed by atoms with Crippen LogP contribution in [0.25, 0.3) is 6.08 Å². The van der Waals surface area contributed by atoms with Crippen molar-refractivity contribution in [3.63, 3.8) is 0 Å². The molecule has 0 unspecified atom stereocenters. The van der Waals surface area contributed by atoms with Gasteiger partial charge in [0, 0.05) is 5.56 Å². The van der Waals surface area contributed by atoms with Crippen LogP contribution in [0.3, 0.4) is 0 Å². The van der Waals surface area contributed by atoms with Crippen LogP contribution in [0.1, 0.15) is 18.1 Å². The molecule has 0 aliphatic carbocycles. The summed E-state index contributed by atoms with van der Waals surface area (Å²) < 4.78 is 14.0. The van der Waals surface area contributed by atoms with Crippen LogP contribution in [0.15, 0.2) is 48.0 Å². The molecule has 1 saturated heterocycles. The predicted molar refractivity (Wildman–Crippen MR) is 96.2 cm³/mol. The monoisotopic (exact) mass is 372 g/mol. The van der Waals surface area contributed by atoms with Gasteiger partial charge in [0.05, 0.1) is 10.7 Å². The van der Waals surface area contributed by atoms with Crippen LogP contribution in [0.4, 0.5) is 14.9 Å². The van der Waals surface area contributed by atoms with Gasteiger partial charge in [0.1, 0.15) is 11.4 Å². The molecule has 1 fully saturated rings. The number of rotatable bonds is 3. The Labute approximate surface area is 154 Å². The Bertz CT molecular complexity index is 918. The minimum Gasteiger partial charge on any atom is -0.273 e. The number of amides is 4. The molecule has 0 bridgehead atoms. The van der Waals surface area contributed by atoms with Crippen LogP contribution in [0.2, 0.25) is 5.02 Å². The largest absolute Gasteiger partial charge is 0.335 e. The predicted octanol–water partition coefficient (Wildman–Crippen LogP) is 3.71. The fourth-order valence-corrected chi connectivity index (χ4v) is 2.78. The van der Waals surface area contributed by atoms with E-state index in [4.69, 9.17) is 11.6 Å². The van der Waals surface area contributed by atoms with E-state index in [0.29, 0.717) is 5.69 Å². The summed E-state index contributed by atoms with van der Waals surface area (Å²) in [7, 11) is 0. The molecule has 2 aromatic rings. The lowest BCUT2D eigenvalue weighted by Crippen LogP contribution is -2.54. The van der Waals surface area contributed by atoms with E-state index in [0.717, 1.165) is 29.0 Å². The van der Waals surface area contributed by atoms with Gasteiger partial charge in [-0.1, -0.05) is 36.7 Å². The standard InChI is InChI=1S/C19H14ClFN2O3/c1-2-11-6-8-12(9-7-11)23-18(25)14(17(24)22-19(23)26)10-13-15(20)4-3-5-16(13)21/h3-10H,2H2,1H3,(H,22,24,26)/b14-10-. The van der Waals surface area contributed by atoms with E-state index < -0.39 is 23.7 Å². The van der Waals surface area contributed by atoms with Crippen LogP contribution in [-0.2, 0) is 16.0 Å². The molecule has 3 rings (SSSR count). The van der Waals surface area contributed by atoms with Gasteiger partial charge in [0.2, 0.25) is 0 Å². The summed E-state index contributed by atoms with van der Waals surface area (Å²) in [5.41, 5.74) is 0.866. The van der Waals surface area contributed by atoms with Gasteiger partial charge in [0.25, 0.3) is 11.8 Å². The number of anilines is 1. The number of benzene rings is 2. The number of halogens is 2. The first kappa shape index (κ1) is 17.8. The summed E-state index contributed by atoms with van der Waals surface area (Å²) in [6.45, 7) is 1.98. The van der Waals surface area contributed by atoms with Crippen molar-refractivity contribution in [3.8, 4) is 0 Å². The van der Waals surface area contributed by atoms with Gasteiger partial charge in [-0.05, 0) is 42.3 Å². The molecule has 0 aromatic heterocycles. The first-order chi connectivity index (χ1) is 12.4. The van der Waals surface area contributed by atoms with Gasteiger partial charge in [-0.3, -0.25) is 14.9 Å². The molecular weight excluding hydrogens is 359 g/mol. The van der Waals surface area contributed by atoms with Crippen LogP contribution in [0, 0.1) is 5.82 Å². The van der Waals surface area contributed by atoms with Crippen molar-refractivity contribution in [2.24, 2.45) is 0 Å². The molecule has 7 heteroatoms. The number of aryl methyl sites for hydroxylation is 1. The summed E-state index contributed by atoms with van der Waals surface area (Å²) in [5, 5.41) is 2.14. The number of imide groups is 2. The number of carbonyl (C=O) groups is 3. The number of nitrogens with zero attached hydrogens (tertiary/aromatic N) is 1. The Morgan fingerprint density at radius 1 is 1.12 bits per heavy atom. The second-order valence-electron chi connectivity index (χ2n) is 5.61. The zero-order valence-corrected chi connectivity index (χ0v) is 14.5. The Hall–Kier alpha value is -2.99. The van der Waals surface area contributed by atoms with Gasteiger partial charge < -0.3 is 0 Å². The van der Waals surface area contributed by atoms with E-state index in [2.05, 4.69) is 5.32 Å². The Balaban J connectivity index is 2.04. The second kappa shape index (κ2) is 7.09. The summed E-state index contributed by atoms with van der Waals surface area (Å²) in [6, 6.07) is 9.94. The maximum atomic E-state index is 14.0. The van der Waals surface area contributed by atoms with Crippen LogP contribution in [-0.4, -0.2) is 17.8 Å². The molecule has 0 spiro atoms. The third-order valence-electron chi connectivity index (χ3n) is 3.99. The van der Waals surface area contributed by atoms with E-state index in [1.807, 2.05) is 6.92 Å². The summed E-state index contributed by atoms with van der Waals surface area (Å²) >= 11 is 5.95. The lowest BCUT2D eigenvalue weighted by molar-refractivity contribution is -0.122. The van der Waals surface area contributed by atoms with E-state index >= 15 is 0 Å². The van der Waals surface area contributed by atoms with Gasteiger partial charge in [-0.25, -0.2) is 14.1 Å². The zero-order valence-electron chi connectivity index (χ0n) is 13.8. The molecule has 0 saturated carbocycles. The van der Waals surface area contributed by atoms with E-state index in [-0.39, 0.29) is 16.2 Å². The summed E-state index contributed by atoms with van der Waals surface area (Å²) in [4.78, 5) is 37.8. The molecule has 0 radical (unpaired) electrons. The molecule has 4 amide bonds. The highest BCUT2D eigenvalue weighted by Crippen LogP contribution is 2.26. The number of hydrogen-bond donors (Lipinski definition) is 1. The first-order valence-corrected chi connectivity index (χ1v) is 8.24. The van der Waals surface area contributed by atoms with Gasteiger partial charge in [-0.2, -0.15) is 0 Å². The molecule has 0 atom stereocenters. The first-order valence-electron chi connectivity index (χ1n) is 7.86. The summed E-state index contributed by atoms with van der Waals surface area (Å²) in [5.74, 6) is -2.43. The lowest BCUT2D eigenvalue weighted by Gasteiger charge is -2.26. The van der Waals surface area contributed by atoms with Gasteiger partial charge in [-0.15, -0.1) is 0 Å². The smallest absolute Gasteiger partial charge is 0.273 e. The number of nitrogens with one attached hydrogen (secondary N) is 1. The number of hydrogen-bond acceptors (Lipinski definition) is 3. The average Bonchev–Trinajstić information content (AvgIpc) is 2.61. The summed E-state index contributed by atoms with van der Waals surface area (Å²) in [6.07, 6.45) is 1.85. The number of urea groups is 1. The minimum absolute atomic E-state index is 0.0499. The topological polar surface area (TPSA) is 66.5 Å². The lowest BCUT2D eigenvalue weighted by atomic mass is 10.1. The van der Waals surface area contributed by atoms with E-state index in [9.17, 15) is 18.8 Å². The fourth-order valence-electron chi connectivity index (χ4n) is 2.57. The SMILES string of the molecule is CCc1ccc(N2C(=O)NC(=O)/C(=C/c3c(F)cccc3Cl)C2=O)cc1. The van der Waals surface area contributed by atoms with Crippen molar-refractivity contribution in [1.82, 2.24) is 5.32 Å². The second-order valence-corrected chi connectivity index (χ2v) is 6.02. The van der Waals surface area contributed by atoms with Crippen molar-refractivity contribution in [2.75, 3.05) is 4.90 Å². The molecule has 132 valence electrons.